The molecule has 2 aliphatic carbocycles. The summed E-state index contributed by atoms with van der Waals surface area (Å²) in [6, 6.07) is 10.9. The lowest BCUT2D eigenvalue weighted by atomic mass is 9.77. The summed E-state index contributed by atoms with van der Waals surface area (Å²) in [6.45, 7) is 8.62. The number of ether oxygens (including phenoxy) is 1. The van der Waals surface area contributed by atoms with E-state index in [1.165, 1.54) is 43.0 Å². The van der Waals surface area contributed by atoms with Crippen LogP contribution in [0.3, 0.4) is 0 Å². The van der Waals surface area contributed by atoms with Crippen LogP contribution in [-0.2, 0) is 16.1 Å². The molecule has 1 saturated heterocycles. The van der Waals surface area contributed by atoms with Gasteiger partial charge in [0.05, 0.1) is 11.7 Å². The number of allylic oxidation sites excluding steroid dienone is 3. The maximum absolute atomic E-state index is 13.6. The van der Waals surface area contributed by atoms with Gasteiger partial charge in [-0.3, -0.25) is 14.5 Å². The summed E-state index contributed by atoms with van der Waals surface area (Å²) in [5, 5.41) is 3.05. The zero-order valence-corrected chi connectivity index (χ0v) is 24.6. The van der Waals surface area contributed by atoms with Crippen LogP contribution in [0, 0.1) is 18.8 Å². The number of nitrogens with one attached hydrogen (secondary N) is 2. The van der Waals surface area contributed by atoms with Crippen molar-refractivity contribution >= 4 is 28.8 Å². The molecule has 2 fully saturated rings. The van der Waals surface area contributed by atoms with E-state index >= 15 is 0 Å². The van der Waals surface area contributed by atoms with Crippen molar-refractivity contribution < 1.29 is 9.53 Å². The number of hydrogen-bond donors (Lipinski definition) is 2. The second kappa shape index (κ2) is 11.9. The molecule has 7 heteroatoms. The minimum Gasteiger partial charge on any atom is -0.379 e. The number of fused-ring (bicyclic) bond motifs is 1. The number of aromatic nitrogens is 1. The van der Waals surface area contributed by atoms with Crippen LogP contribution < -0.4 is 10.9 Å². The lowest BCUT2D eigenvalue weighted by molar-refractivity contribution is -0.115. The molecule has 2 N–H and O–H groups in total. The number of aromatic amines is 1. The third-order valence-electron chi connectivity index (χ3n) is 9.01. The molecule has 0 unspecified atom stereocenters. The fourth-order valence-electron chi connectivity index (χ4n) is 6.58. The van der Waals surface area contributed by atoms with Crippen molar-refractivity contribution in [2.45, 2.75) is 70.0 Å². The number of aryl methyl sites for hydroxylation is 1. The standard InChI is InChI=1S/C32H41N3O3S/c1-19(22-10-12-23(13-11-22)35-17-24(18-35)38-4)14-27-21(3)30(26-9-7-6-8-25(26)27)32(37)33-16-28-29(39-5)15-20(2)34-31(28)36/h6-9,14-15,19,22-24H,10-13,16-18H2,1-5H3,(H,33,37)(H,34,36)/b27-14-/t19-,22?,23?/m0/s1. The van der Waals surface area contributed by atoms with Crippen molar-refractivity contribution in [1.82, 2.24) is 15.2 Å². The Labute approximate surface area is 236 Å². The lowest BCUT2D eigenvalue weighted by Crippen LogP contribution is -2.56. The highest BCUT2D eigenvalue weighted by atomic mass is 32.2. The van der Waals surface area contributed by atoms with Crippen LogP contribution >= 0.6 is 11.8 Å². The summed E-state index contributed by atoms with van der Waals surface area (Å²) >= 11 is 1.52. The molecule has 6 nitrogen and oxygen atoms in total. The second-order valence-electron chi connectivity index (χ2n) is 11.4. The molecular weight excluding hydrogens is 506 g/mol. The molecule has 1 amide bonds. The van der Waals surface area contributed by atoms with E-state index in [4.69, 9.17) is 4.74 Å². The molecule has 1 saturated carbocycles. The van der Waals surface area contributed by atoms with Crippen LogP contribution in [0.15, 0.2) is 51.7 Å². The van der Waals surface area contributed by atoms with E-state index in [0.29, 0.717) is 35.1 Å². The number of thioether (sulfide) groups is 1. The number of H-pyrrole nitrogens is 1. The molecule has 5 rings (SSSR count). The van der Waals surface area contributed by atoms with E-state index in [1.807, 2.05) is 44.6 Å². The second-order valence-corrected chi connectivity index (χ2v) is 12.2. The molecule has 39 heavy (non-hydrogen) atoms. The Morgan fingerprint density at radius 1 is 1.18 bits per heavy atom. The van der Waals surface area contributed by atoms with Gasteiger partial charge in [0, 0.05) is 48.9 Å². The van der Waals surface area contributed by atoms with Gasteiger partial charge in [-0.05, 0) is 86.0 Å². The Bertz CT molecular complexity index is 1350. The summed E-state index contributed by atoms with van der Waals surface area (Å²) in [6.07, 6.45) is 9.76. The number of carbonyl (C=O) groups is 1. The summed E-state index contributed by atoms with van der Waals surface area (Å²) < 4.78 is 5.46. The smallest absolute Gasteiger partial charge is 0.254 e. The number of hydrogen-bond acceptors (Lipinski definition) is 5. The predicted octanol–water partition coefficient (Wildman–Crippen LogP) is 5.42. The Morgan fingerprint density at radius 2 is 1.87 bits per heavy atom. The quantitative estimate of drug-likeness (QED) is 0.432. The number of carbonyl (C=O) groups excluding carboxylic acids is 1. The summed E-state index contributed by atoms with van der Waals surface area (Å²) in [5.74, 6) is 0.960. The number of methoxy groups -OCH3 is 1. The molecule has 1 aliphatic heterocycles. The molecule has 0 bridgehead atoms. The molecule has 3 aliphatic rings. The maximum atomic E-state index is 13.6. The van der Waals surface area contributed by atoms with Crippen molar-refractivity contribution in [2.24, 2.45) is 11.8 Å². The van der Waals surface area contributed by atoms with Gasteiger partial charge in [-0.15, -0.1) is 11.8 Å². The highest BCUT2D eigenvalue weighted by Crippen LogP contribution is 2.43. The van der Waals surface area contributed by atoms with E-state index in [9.17, 15) is 9.59 Å². The number of nitrogens with zero attached hydrogens (tertiary/aromatic N) is 1. The minimum atomic E-state index is -0.145. The van der Waals surface area contributed by atoms with Crippen molar-refractivity contribution in [1.29, 1.82) is 0 Å². The first-order chi connectivity index (χ1) is 18.8. The normalized spacial score (nSPS) is 23.6. The predicted molar refractivity (Wildman–Crippen MR) is 160 cm³/mol. The van der Waals surface area contributed by atoms with Crippen molar-refractivity contribution in [3.63, 3.8) is 0 Å². The van der Waals surface area contributed by atoms with Crippen molar-refractivity contribution in [3.8, 4) is 0 Å². The van der Waals surface area contributed by atoms with Crippen molar-refractivity contribution in [3.05, 3.63) is 74.7 Å². The minimum absolute atomic E-state index is 0.132. The largest absolute Gasteiger partial charge is 0.379 e. The fourth-order valence-corrected chi connectivity index (χ4v) is 7.29. The van der Waals surface area contributed by atoms with Gasteiger partial charge in [-0.25, -0.2) is 0 Å². The third kappa shape index (κ3) is 5.67. The Hall–Kier alpha value is -2.61. The number of amides is 1. The first kappa shape index (κ1) is 27.9. The lowest BCUT2D eigenvalue weighted by Gasteiger charge is -2.46. The van der Waals surface area contributed by atoms with Gasteiger partial charge < -0.3 is 15.0 Å². The van der Waals surface area contributed by atoms with Crippen LogP contribution in [-0.4, -0.2) is 54.4 Å². The average molecular weight is 548 g/mol. The van der Waals surface area contributed by atoms with Crippen LogP contribution in [0.5, 0.6) is 0 Å². The van der Waals surface area contributed by atoms with Crippen LogP contribution in [0.25, 0.3) is 11.1 Å². The van der Waals surface area contributed by atoms with Gasteiger partial charge in [0.25, 0.3) is 11.5 Å². The van der Waals surface area contributed by atoms with E-state index in [2.05, 4.69) is 41.2 Å². The Kier molecular flexibility index (Phi) is 8.50. The van der Waals surface area contributed by atoms with E-state index in [-0.39, 0.29) is 18.0 Å². The number of likely N-dealkylation sites (tertiary alicyclic amines) is 1. The van der Waals surface area contributed by atoms with Gasteiger partial charge in [0.1, 0.15) is 0 Å². The van der Waals surface area contributed by atoms with E-state index in [1.54, 1.807) is 0 Å². The third-order valence-corrected chi connectivity index (χ3v) is 9.81. The van der Waals surface area contributed by atoms with Gasteiger partial charge in [0.15, 0.2) is 0 Å². The maximum Gasteiger partial charge on any atom is 0.254 e. The molecule has 1 atom stereocenters. The molecule has 208 valence electrons. The monoisotopic (exact) mass is 547 g/mol. The molecular formula is C32H41N3O3S. The van der Waals surface area contributed by atoms with E-state index < -0.39 is 0 Å². The number of benzene rings is 1. The van der Waals surface area contributed by atoms with Gasteiger partial charge in [-0.1, -0.05) is 37.3 Å². The van der Waals surface area contributed by atoms with Gasteiger partial charge in [-0.2, -0.15) is 0 Å². The molecule has 0 spiro atoms. The average Bonchev–Trinajstić information content (AvgIpc) is 3.18. The van der Waals surface area contributed by atoms with Crippen LogP contribution in [0.4, 0.5) is 0 Å². The zero-order valence-electron chi connectivity index (χ0n) is 23.8. The number of rotatable bonds is 8. The number of pyridine rings is 1. The first-order valence-corrected chi connectivity index (χ1v) is 15.4. The fraction of sp³-hybridized carbons (Fsp3) is 0.500. The van der Waals surface area contributed by atoms with E-state index in [0.717, 1.165) is 40.4 Å². The molecule has 0 radical (unpaired) electrons. The highest BCUT2D eigenvalue weighted by molar-refractivity contribution is 7.98. The summed E-state index contributed by atoms with van der Waals surface area (Å²) in [4.78, 5) is 32.5. The summed E-state index contributed by atoms with van der Waals surface area (Å²) in [7, 11) is 1.81. The molecule has 1 aromatic heterocycles. The highest BCUT2D eigenvalue weighted by Gasteiger charge is 2.36. The van der Waals surface area contributed by atoms with Crippen LogP contribution in [0.2, 0.25) is 0 Å². The Morgan fingerprint density at radius 3 is 2.54 bits per heavy atom. The SMILES string of the molecule is COC1CN(C2CCC([C@@H](C)/C=C3/C(C)=C(C(=O)NCc4c(SC)cc(C)[nH]c4=O)c4ccccc43)CC2)C1. The molecule has 2 aromatic rings. The topological polar surface area (TPSA) is 74.4 Å². The molecule has 2 heterocycles. The van der Waals surface area contributed by atoms with Crippen LogP contribution in [0.1, 0.15) is 61.9 Å². The van der Waals surface area contributed by atoms with Gasteiger partial charge >= 0.3 is 0 Å². The first-order valence-electron chi connectivity index (χ1n) is 14.1. The van der Waals surface area contributed by atoms with Crippen molar-refractivity contribution in [2.75, 3.05) is 26.5 Å². The van der Waals surface area contributed by atoms with Gasteiger partial charge in [0.2, 0.25) is 0 Å². The molecule has 1 aromatic carbocycles. The Balaban J connectivity index is 1.31. The zero-order chi connectivity index (χ0) is 27.7. The summed E-state index contributed by atoms with van der Waals surface area (Å²) in [5.41, 5.74) is 6.29.